The molecule has 0 spiro atoms. The fraction of sp³-hybridized carbons (Fsp3) is 0.750. The third-order valence-corrected chi connectivity index (χ3v) is 2.42. The molecular formula is C8H12F3N3OS. The molecule has 1 aromatic rings. The van der Waals surface area contributed by atoms with Gasteiger partial charge in [0.05, 0.1) is 12.7 Å². The van der Waals surface area contributed by atoms with Gasteiger partial charge in [-0.25, -0.2) is 0 Å². The van der Waals surface area contributed by atoms with Gasteiger partial charge < -0.3 is 10.1 Å². The number of nitrogens with one attached hydrogen (secondary N) is 1. The Hall–Kier alpha value is -0.890. The highest BCUT2D eigenvalue weighted by molar-refractivity contribution is 7.15. The molecule has 0 radical (unpaired) electrons. The molecule has 0 saturated carbocycles. The zero-order valence-electron chi connectivity index (χ0n) is 8.84. The van der Waals surface area contributed by atoms with Crippen LogP contribution in [0.3, 0.4) is 0 Å². The van der Waals surface area contributed by atoms with Crippen LogP contribution in [0.5, 0.6) is 0 Å². The van der Waals surface area contributed by atoms with Crippen LogP contribution in [0.15, 0.2) is 0 Å². The molecule has 0 bridgehead atoms. The number of rotatable bonds is 5. The predicted molar refractivity (Wildman–Crippen MR) is 54.5 cm³/mol. The van der Waals surface area contributed by atoms with Gasteiger partial charge in [0.2, 0.25) is 10.1 Å². The van der Waals surface area contributed by atoms with Gasteiger partial charge in [-0.3, -0.25) is 0 Å². The van der Waals surface area contributed by atoms with E-state index in [-0.39, 0.29) is 11.2 Å². The number of nitrogens with zero attached hydrogens (tertiary/aromatic N) is 2. The van der Waals surface area contributed by atoms with Crippen molar-refractivity contribution in [3.05, 3.63) is 5.01 Å². The Morgan fingerprint density at radius 2 is 2.06 bits per heavy atom. The van der Waals surface area contributed by atoms with Crippen LogP contribution in [0.1, 0.15) is 18.9 Å². The van der Waals surface area contributed by atoms with Gasteiger partial charge in [0.1, 0.15) is 0 Å². The van der Waals surface area contributed by atoms with E-state index in [0.717, 1.165) is 0 Å². The van der Waals surface area contributed by atoms with E-state index in [1.54, 1.807) is 0 Å². The summed E-state index contributed by atoms with van der Waals surface area (Å²) >= 11 is 0.485. The van der Waals surface area contributed by atoms with Gasteiger partial charge in [0.15, 0.2) is 0 Å². The number of hydrogen-bond donors (Lipinski definition) is 1. The minimum atomic E-state index is -4.42. The van der Waals surface area contributed by atoms with Crippen LogP contribution in [0.2, 0.25) is 0 Å². The van der Waals surface area contributed by atoms with E-state index in [1.807, 2.05) is 13.8 Å². The van der Waals surface area contributed by atoms with Gasteiger partial charge in [0, 0.05) is 6.54 Å². The molecule has 1 heterocycles. The van der Waals surface area contributed by atoms with Crippen molar-refractivity contribution in [3.8, 4) is 0 Å². The maximum absolute atomic E-state index is 12.2. The molecule has 0 amide bonds. The molecule has 0 atom stereocenters. The second-order valence-electron chi connectivity index (χ2n) is 3.26. The van der Waals surface area contributed by atoms with Crippen molar-refractivity contribution in [2.24, 2.45) is 0 Å². The first-order valence-corrected chi connectivity index (χ1v) is 5.47. The lowest BCUT2D eigenvalue weighted by Gasteiger charge is -2.06. The summed E-state index contributed by atoms with van der Waals surface area (Å²) in [7, 11) is 0. The smallest absolute Gasteiger partial charge is 0.377 e. The average molecular weight is 255 g/mol. The first-order chi connectivity index (χ1) is 7.39. The summed E-state index contributed by atoms with van der Waals surface area (Å²) in [5, 5.41) is 8.34. The first-order valence-electron chi connectivity index (χ1n) is 4.66. The van der Waals surface area contributed by atoms with E-state index < -0.39 is 11.2 Å². The molecule has 0 saturated heterocycles. The van der Waals surface area contributed by atoms with Crippen molar-refractivity contribution in [1.82, 2.24) is 10.2 Å². The highest BCUT2D eigenvalue weighted by Gasteiger charge is 2.35. The topological polar surface area (TPSA) is 47.0 Å². The van der Waals surface area contributed by atoms with Crippen LogP contribution in [-0.4, -0.2) is 29.5 Å². The Balaban J connectivity index is 2.36. The predicted octanol–water partition coefficient (Wildman–Crippen LogP) is 2.39. The normalized spacial score (nSPS) is 12.1. The number of aromatic nitrogens is 2. The SMILES string of the molecule is CC(C)OCCNc1nnc(C(F)(F)F)s1. The molecule has 1 N–H and O–H groups in total. The average Bonchev–Trinajstić information content (AvgIpc) is 2.59. The molecule has 0 aromatic carbocycles. The Kier molecular flexibility index (Phi) is 4.48. The van der Waals surface area contributed by atoms with E-state index in [1.165, 1.54) is 0 Å². The molecule has 1 aromatic heterocycles. The second kappa shape index (κ2) is 5.44. The third-order valence-electron chi connectivity index (χ3n) is 1.50. The van der Waals surface area contributed by atoms with Crippen LogP contribution in [-0.2, 0) is 10.9 Å². The van der Waals surface area contributed by atoms with Crippen molar-refractivity contribution in [2.45, 2.75) is 26.1 Å². The minimum Gasteiger partial charge on any atom is -0.377 e. The van der Waals surface area contributed by atoms with Crippen molar-refractivity contribution in [1.29, 1.82) is 0 Å². The molecule has 0 aliphatic heterocycles. The van der Waals surface area contributed by atoms with Gasteiger partial charge in [0.25, 0.3) is 0 Å². The van der Waals surface area contributed by atoms with E-state index in [2.05, 4.69) is 15.5 Å². The monoisotopic (exact) mass is 255 g/mol. The van der Waals surface area contributed by atoms with Crippen molar-refractivity contribution in [3.63, 3.8) is 0 Å². The Morgan fingerprint density at radius 1 is 1.38 bits per heavy atom. The second-order valence-corrected chi connectivity index (χ2v) is 4.23. The van der Waals surface area contributed by atoms with Crippen LogP contribution < -0.4 is 5.32 Å². The van der Waals surface area contributed by atoms with E-state index in [9.17, 15) is 13.2 Å². The maximum Gasteiger partial charge on any atom is 0.445 e. The molecule has 0 aliphatic carbocycles. The number of ether oxygens (including phenoxy) is 1. The first kappa shape index (κ1) is 13.2. The molecule has 1 rings (SSSR count). The Morgan fingerprint density at radius 3 is 2.56 bits per heavy atom. The highest BCUT2D eigenvalue weighted by Crippen LogP contribution is 2.32. The standard InChI is InChI=1S/C8H12F3N3OS/c1-5(2)15-4-3-12-7-14-13-6(16-7)8(9,10)11/h5H,3-4H2,1-2H3,(H,12,14). The number of alkyl halides is 3. The molecule has 0 fully saturated rings. The maximum atomic E-state index is 12.2. The number of halogens is 3. The summed E-state index contributed by atoms with van der Waals surface area (Å²) in [6.07, 6.45) is -4.33. The van der Waals surface area contributed by atoms with Crippen molar-refractivity contribution < 1.29 is 17.9 Å². The van der Waals surface area contributed by atoms with E-state index in [4.69, 9.17) is 4.74 Å². The Bertz CT molecular complexity index is 327. The van der Waals surface area contributed by atoms with Crippen LogP contribution in [0.25, 0.3) is 0 Å². The van der Waals surface area contributed by atoms with Gasteiger partial charge in [-0.15, -0.1) is 10.2 Å². The molecule has 0 aliphatic rings. The van der Waals surface area contributed by atoms with E-state index in [0.29, 0.717) is 24.5 Å². The van der Waals surface area contributed by atoms with Gasteiger partial charge >= 0.3 is 6.18 Å². The largest absolute Gasteiger partial charge is 0.445 e. The fourth-order valence-corrected chi connectivity index (χ4v) is 1.50. The number of hydrogen-bond acceptors (Lipinski definition) is 5. The van der Waals surface area contributed by atoms with E-state index >= 15 is 0 Å². The van der Waals surface area contributed by atoms with Crippen LogP contribution in [0, 0.1) is 0 Å². The molecular weight excluding hydrogens is 243 g/mol. The lowest BCUT2D eigenvalue weighted by atomic mass is 10.5. The lowest BCUT2D eigenvalue weighted by Crippen LogP contribution is -2.12. The molecule has 92 valence electrons. The Labute approximate surface area is 94.8 Å². The lowest BCUT2D eigenvalue weighted by molar-refractivity contribution is -0.138. The van der Waals surface area contributed by atoms with Gasteiger partial charge in [-0.2, -0.15) is 13.2 Å². The highest BCUT2D eigenvalue weighted by atomic mass is 32.1. The van der Waals surface area contributed by atoms with Gasteiger partial charge in [-0.1, -0.05) is 11.3 Å². The molecule has 4 nitrogen and oxygen atoms in total. The summed E-state index contributed by atoms with van der Waals surface area (Å²) in [5.74, 6) is 0. The van der Waals surface area contributed by atoms with Crippen LogP contribution >= 0.6 is 11.3 Å². The minimum absolute atomic E-state index is 0.0990. The molecule has 8 heteroatoms. The fourth-order valence-electron chi connectivity index (χ4n) is 0.862. The molecule has 0 unspecified atom stereocenters. The van der Waals surface area contributed by atoms with Crippen molar-refractivity contribution >= 4 is 16.5 Å². The molecule has 16 heavy (non-hydrogen) atoms. The summed E-state index contributed by atoms with van der Waals surface area (Å²) < 4.78 is 41.7. The summed E-state index contributed by atoms with van der Waals surface area (Å²) in [6.45, 7) is 4.59. The zero-order valence-corrected chi connectivity index (χ0v) is 9.65. The zero-order chi connectivity index (χ0) is 12.2. The van der Waals surface area contributed by atoms with Crippen molar-refractivity contribution in [2.75, 3.05) is 18.5 Å². The quantitative estimate of drug-likeness (QED) is 0.821. The number of anilines is 1. The summed E-state index contributed by atoms with van der Waals surface area (Å²) in [4.78, 5) is 0. The summed E-state index contributed by atoms with van der Waals surface area (Å²) in [6, 6.07) is 0. The van der Waals surface area contributed by atoms with Crippen LogP contribution in [0.4, 0.5) is 18.3 Å². The summed E-state index contributed by atoms with van der Waals surface area (Å²) in [5.41, 5.74) is 0. The third kappa shape index (κ3) is 4.31. The van der Waals surface area contributed by atoms with Gasteiger partial charge in [-0.05, 0) is 13.8 Å².